The van der Waals surface area contributed by atoms with Crippen LogP contribution in [0.4, 0.5) is 24.5 Å². The van der Waals surface area contributed by atoms with Gasteiger partial charge < -0.3 is 15.5 Å². The number of alkyl halides is 3. The molecule has 3 aromatic rings. The number of halogens is 4. The minimum Gasteiger partial charge on any atom is -0.451 e. The number of anilines is 2. The van der Waals surface area contributed by atoms with Crippen LogP contribution in [-0.4, -0.2) is 5.91 Å². The molecular formula is C19H14ClF3N2O2. The number of amides is 1. The van der Waals surface area contributed by atoms with Gasteiger partial charge in [-0.2, -0.15) is 13.2 Å². The third-order valence-corrected chi connectivity index (χ3v) is 4.15. The SMILES string of the molecule is Cc1cc(N)cc(Cl)c1NC(=O)c1ccc(-c2cccc(C(F)(F)F)c2)o1. The highest BCUT2D eigenvalue weighted by Crippen LogP contribution is 2.33. The van der Waals surface area contributed by atoms with Crippen molar-refractivity contribution in [3.63, 3.8) is 0 Å². The zero-order chi connectivity index (χ0) is 19.8. The maximum absolute atomic E-state index is 12.8. The van der Waals surface area contributed by atoms with E-state index in [0.717, 1.165) is 12.1 Å². The van der Waals surface area contributed by atoms with Crippen LogP contribution in [0, 0.1) is 6.92 Å². The summed E-state index contributed by atoms with van der Waals surface area (Å²) in [6.45, 7) is 1.73. The maximum atomic E-state index is 12.8. The van der Waals surface area contributed by atoms with Gasteiger partial charge in [0, 0.05) is 11.3 Å². The summed E-state index contributed by atoms with van der Waals surface area (Å²) >= 11 is 6.10. The number of hydrogen-bond acceptors (Lipinski definition) is 3. The second kappa shape index (κ2) is 7.00. The Hall–Kier alpha value is -2.93. The molecular weight excluding hydrogens is 381 g/mol. The normalized spacial score (nSPS) is 11.4. The second-order valence-electron chi connectivity index (χ2n) is 5.89. The van der Waals surface area contributed by atoms with Crippen molar-refractivity contribution in [2.24, 2.45) is 0 Å². The lowest BCUT2D eigenvalue weighted by Crippen LogP contribution is -2.12. The number of benzene rings is 2. The molecule has 0 radical (unpaired) electrons. The number of nitrogen functional groups attached to an aromatic ring is 1. The fourth-order valence-electron chi connectivity index (χ4n) is 2.57. The van der Waals surface area contributed by atoms with Gasteiger partial charge in [-0.15, -0.1) is 0 Å². The first-order valence-electron chi connectivity index (χ1n) is 7.79. The quantitative estimate of drug-likeness (QED) is 0.555. The van der Waals surface area contributed by atoms with Crippen LogP contribution < -0.4 is 11.1 Å². The molecule has 2 aromatic carbocycles. The molecule has 27 heavy (non-hydrogen) atoms. The molecule has 3 N–H and O–H groups in total. The molecule has 0 fully saturated rings. The van der Waals surface area contributed by atoms with Crippen molar-refractivity contribution in [1.29, 1.82) is 0 Å². The number of hydrogen-bond donors (Lipinski definition) is 2. The number of furan rings is 1. The first kappa shape index (κ1) is 18.8. The van der Waals surface area contributed by atoms with Gasteiger partial charge in [0.05, 0.1) is 16.3 Å². The number of nitrogens with one attached hydrogen (secondary N) is 1. The average molecular weight is 395 g/mol. The van der Waals surface area contributed by atoms with Gasteiger partial charge in [-0.1, -0.05) is 23.7 Å². The van der Waals surface area contributed by atoms with Gasteiger partial charge in [0.25, 0.3) is 5.91 Å². The van der Waals surface area contributed by atoms with Gasteiger partial charge in [-0.05, 0) is 48.9 Å². The van der Waals surface area contributed by atoms with Crippen molar-refractivity contribution < 1.29 is 22.4 Å². The zero-order valence-corrected chi connectivity index (χ0v) is 14.8. The molecule has 0 aliphatic heterocycles. The molecule has 0 spiro atoms. The summed E-state index contributed by atoms with van der Waals surface area (Å²) in [5, 5.41) is 2.89. The van der Waals surface area contributed by atoms with E-state index >= 15 is 0 Å². The monoisotopic (exact) mass is 394 g/mol. The van der Waals surface area contributed by atoms with Gasteiger partial charge in [0.1, 0.15) is 5.76 Å². The Bertz CT molecular complexity index is 989. The van der Waals surface area contributed by atoms with E-state index < -0.39 is 17.6 Å². The Morgan fingerprint density at radius 3 is 2.56 bits per heavy atom. The molecule has 0 saturated heterocycles. The molecule has 1 amide bonds. The molecule has 0 saturated carbocycles. The Morgan fingerprint density at radius 2 is 1.89 bits per heavy atom. The van der Waals surface area contributed by atoms with Gasteiger partial charge in [0.15, 0.2) is 5.76 Å². The van der Waals surface area contributed by atoms with E-state index in [4.69, 9.17) is 21.8 Å². The third kappa shape index (κ3) is 4.09. The highest BCUT2D eigenvalue weighted by Gasteiger charge is 2.30. The number of aryl methyl sites for hydroxylation is 1. The molecule has 3 rings (SSSR count). The van der Waals surface area contributed by atoms with Crippen LogP contribution in [0.2, 0.25) is 5.02 Å². The van der Waals surface area contributed by atoms with E-state index in [2.05, 4.69) is 5.32 Å². The minimum atomic E-state index is -4.47. The maximum Gasteiger partial charge on any atom is 0.416 e. The number of carbonyl (C=O) groups is 1. The van der Waals surface area contributed by atoms with Crippen LogP contribution >= 0.6 is 11.6 Å². The van der Waals surface area contributed by atoms with Gasteiger partial charge in [0.2, 0.25) is 0 Å². The molecule has 4 nitrogen and oxygen atoms in total. The number of carbonyl (C=O) groups excluding carboxylic acids is 1. The van der Waals surface area contributed by atoms with Crippen LogP contribution in [0.3, 0.4) is 0 Å². The van der Waals surface area contributed by atoms with Crippen LogP contribution in [0.1, 0.15) is 21.7 Å². The molecule has 1 heterocycles. The van der Waals surface area contributed by atoms with E-state index in [0.29, 0.717) is 16.9 Å². The van der Waals surface area contributed by atoms with Crippen LogP contribution in [-0.2, 0) is 6.18 Å². The summed E-state index contributed by atoms with van der Waals surface area (Å²) in [5.74, 6) is -0.496. The lowest BCUT2D eigenvalue weighted by molar-refractivity contribution is -0.137. The van der Waals surface area contributed by atoms with E-state index in [-0.39, 0.29) is 22.1 Å². The smallest absolute Gasteiger partial charge is 0.416 e. The van der Waals surface area contributed by atoms with E-state index in [1.807, 2.05) is 0 Å². The Balaban J connectivity index is 1.85. The molecule has 0 unspecified atom stereocenters. The molecule has 140 valence electrons. The van der Waals surface area contributed by atoms with Crippen molar-refractivity contribution in [2.75, 3.05) is 11.1 Å². The highest BCUT2D eigenvalue weighted by atomic mass is 35.5. The summed E-state index contributed by atoms with van der Waals surface area (Å²) in [4.78, 5) is 12.4. The second-order valence-corrected chi connectivity index (χ2v) is 6.30. The molecule has 0 aliphatic carbocycles. The number of nitrogens with two attached hydrogens (primary N) is 1. The van der Waals surface area contributed by atoms with Crippen LogP contribution in [0.15, 0.2) is 52.9 Å². The molecule has 8 heteroatoms. The predicted molar refractivity (Wildman–Crippen MR) is 97.7 cm³/mol. The van der Waals surface area contributed by atoms with Crippen molar-refractivity contribution in [2.45, 2.75) is 13.1 Å². The lowest BCUT2D eigenvalue weighted by Gasteiger charge is -2.10. The average Bonchev–Trinajstić information content (AvgIpc) is 3.07. The lowest BCUT2D eigenvalue weighted by atomic mass is 10.1. The van der Waals surface area contributed by atoms with E-state index in [1.54, 1.807) is 13.0 Å². The van der Waals surface area contributed by atoms with Crippen molar-refractivity contribution in [3.8, 4) is 11.3 Å². The van der Waals surface area contributed by atoms with Gasteiger partial charge in [-0.3, -0.25) is 4.79 Å². The number of rotatable bonds is 3. The largest absolute Gasteiger partial charge is 0.451 e. The minimum absolute atomic E-state index is 0.0605. The standard InChI is InChI=1S/C19H14ClF3N2O2/c1-10-7-13(24)9-14(20)17(10)25-18(26)16-6-5-15(27-16)11-3-2-4-12(8-11)19(21,22)23/h2-9H,24H2,1H3,(H,25,26). The molecule has 0 bridgehead atoms. The van der Waals surface area contributed by atoms with Crippen molar-refractivity contribution in [3.05, 3.63) is 70.4 Å². The third-order valence-electron chi connectivity index (χ3n) is 3.85. The van der Waals surface area contributed by atoms with Crippen LogP contribution in [0.25, 0.3) is 11.3 Å². The van der Waals surface area contributed by atoms with Crippen molar-refractivity contribution in [1.82, 2.24) is 0 Å². The topological polar surface area (TPSA) is 68.3 Å². The highest BCUT2D eigenvalue weighted by molar-refractivity contribution is 6.34. The van der Waals surface area contributed by atoms with Gasteiger partial charge in [-0.25, -0.2) is 0 Å². The first-order valence-corrected chi connectivity index (χ1v) is 8.17. The van der Waals surface area contributed by atoms with E-state index in [1.165, 1.54) is 30.3 Å². The summed E-state index contributed by atoms with van der Waals surface area (Å²) in [6.07, 6.45) is -4.47. The summed E-state index contributed by atoms with van der Waals surface area (Å²) < 4.78 is 44.0. The summed E-state index contributed by atoms with van der Waals surface area (Å²) in [5.41, 5.74) is 6.60. The molecule has 0 aliphatic rings. The first-order chi connectivity index (χ1) is 12.6. The van der Waals surface area contributed by atoms with Crippen molar-refractivity contribution >= 4 is 28.9 Å². The summed E-state index contributed by atoms with van der Waals surface area (Å²) in [6, 6.07) is 10.6. The molecule has 1 aromatic heterocycles. The Labute approximate surface area is 157 Å². The zero-order valence-electron chi connectivity index (χ0n) is 14.0. The Kier molecular flexibility index (Phi) is 4.89. The van der Waals surface area contributed by atoms with E-state index in [9.17, 15) is 18.0 Å². The van der Waals surface area contributed by atoms with Gasteiger partial charge >= 0.3 is 6.18 Å². The predicted octanol–water partition coefficient (Wildman–Crippen LogP) is 5.76. The Morgan fingerprint density at radius 1 is 1.15 bits per heavy atom. The van der Waals surface area contributed by atoms with Crippen LogP contribution in [0.5, 0.6) is 0 Å². The molecule has 0 atom stereocenters. The fraction of sp³-hybridized carbons (Fsp3) is 0.105. The fourth-order valence-corrected chi connectivity index (χ4v) is 2.89. The summed E-state index contributed by atoms with van der Waals surface area (Å²) in [7, 11) is 0.